The topological polar surface area (TPSA) is 41.6 Å². The number of hydrogen-bond acceptors (Lipinski definition) is 3. The smallest absolute Gasteiger partial charge is 0.248 e. The van der Waals surface area contributed by atoms with Crippen LogP contribution in [0.15, 0.2) is 0 Å². The highest BCUT2D eigenvalue weighted by Crippen LogP contribution is 2.14. The van der Waals surface area contributed by atoms with E-state index in [0.717, 1.165) is 26.1 Å². The third-order valence-electron chi connectivity index (χ3n) is 3.06. The van der Waals surface area contributed by atoms with Crippen molar-refractivity contribution >= 4 is 5.91 Å². The van der Waals surface area contributed by atoms with Crippen LogP contribution in [0.2, 0.25) is 0 Å². The van der Waals surface area contributed by atoms with E-state index in [2.05, 4.69) is 12.2 Å². The summed E-state index contributed by atoms with van der Waals surface area (Å²) in [6.45, 7) is 6.94. The van der Waals surface area contributed by atoms with Gasteiger partial charge in [-0.15, -0.1) is 0 Å². The molecular formula is C12H24N2O2. The zero-order chi connectivity index (χ0) is 12.0. The van der Waals surface area contributed by atoms with Gasteiger partial charge in [-0.2, -0.15) is 0 Å². The lowest BCUT2D eigenvalue weighted by atomic mass is 10.0. The molecule has 1 N–H and O–H groups in total. The van der Waals surface area contributed by atoms with Crippen LogP contribution in [0.4, 0.5) is 0 Å². The number of nitrogens with one attached hydrogen (secondary N) is 1. The molecule has 1 fully saturated rings. The van der Waals surface area contributed by atoms with Crippen LogP contribution in [0.1, 0.15) is 33.1 Å². The van der Waals surface area contributed by atoms with Crippen molar-refractivity contribution in [2.24, 2.45) is 0 Å². The van der Waals surface area contributed by atoms with Gasteiger partial charge in [-0.05, 0) is 13.3 Å². The van der Waals surface area contributed by atoms with E-state index in [1.165, 1.54) is 12.8 Å². The van der Waals surface area contributed by atoms with Gasteiger partial charge in [0.2, 0.25) is 5.91 Å². The van der Waals surface area contributed by atoms with E-state index in [4.69, 9.17) is 4.74 Å². The first kappa shape index (κ1) is 13.5. The van der Waals surface area contributed by atoms with Crippen molar-refractivity contribution in [2.75, 3.05) is 33.3 Å². The van der Waals surface area contributed by atoms with E-state index in [1.807, 2.05) is 14.0 Å². The second kappa shape index (κ2) is 6.21. The lowest BCUT2D eigenvalue weighted by Crippen LogP contribution is -2.59. The van der Waals surface area contributed by atoms with Crippen LogP contribution in [0.25, 0.3) is 0 Å². The molecule has 1 amide bonds. The number of carbonyl (C=O) groups excluding carboxylic acids is 1. The minimum Gasteiger partial charge on any atom is -0.363 e. The van der Waals surface area contributed by atoms with Gasteiger partial charge in [0.15, 0.2) is 0 Å². The summed E-state index contributed by atoms with van der Waals surface area (Å²) in [5.41, 5.74) is -0.125. The number of unbranched alkanes of at least 4 members (excludes halogenated alkanes) is 2. The predicted octanol–water partition coefficient (Wildman–Crippen LogP) is 1.01. The molecule has 1 rings (SSSR count). The Balaban J connectivity index is 2.13. The highest BCUT2D eigenvalue weighted by molar-refractivity contribution is 5.77. The normalized spacial score (nSPS) is 17.9. The zero-order valence-corrected chi connectivity index (χ0v) is 10.7. The molecule has 0 saturated carbocycles. The standard InChI is InChI=1S/C12H24N2O2/c1-4-5-6-7-14(3)11(15)8-16-12(2)9-13-10-12/h13H,4-10H2,1-3H3. The van der Waals surface area contributed by atoms with Gasteiger partial charge >= 0.3 is 0 Å². The van der Waals surface area contributed by atoms with Crippen LogP contribution in [-0.4, -0.2) is 49.7 Å². The molecule has 1 heterocycles. The Hall–Kier alpha value is -0.610. The third-order valence-corrected chi connectivity index (χ3v) is 3.06. The summed E-state index contributed by atoms with van der Waals surface area (Å²) in [6.07, 6.45) is 3.44. The molecule has 0 aromatic rings. The van der Waals surface area contributed by atoms with Gasteiger partial charge in [0, 0.05) is 26.7 Å². The average molecular weight is 228 g/mol. The minimum absolute atomic E-state index is 0.0872. The largest absolute Gasteiger partial charge is 0.363 e. The first-order valence-corrected chi connectivity index (χ1v) is 6.16. The molecule has 4 nitrogen and oxygen atoms in total. The highest BCUT2D eigenvalue weighted by Gasteiger charge is 2.33. The highest BCUT2D eigenvalue weighted by atomic mass is 16.5. The van der Waals surface area contributed by atoms with Crippen molar-refractivity contribution in [1.82, 2.24) is 10.2 Å². The van der Waals surface area contributed by atoms with Crippen molar-refractivity contribution in [3.05, 3.63) is 0 Å². The Labute approximate surface area is 98.3 Å². The maximum atomic E-state index is 11.7. The summed E-state index contributed by atoms with van der Waals surface area (Å²) in [5.74, 6) is 0.0872. The van der Waals surface area contributed by atoms with Crippen LogP contribution in [-0.2, 0) is 9.53 Å². The molecule has 0 aromatic carbocycles. The van der Waals surface area contributed by atoms with Gasteiger partial charge in [-0.3, -0.25) is 4.79 Å². The molecule has 0 spiro atoms. The van der Waals surface area contributed by atoms with Crippen LogP contribution in [0.3, 0.4) is 0 Å². The molecule has 1 aliphatic rings. The van der Waals surface area contributed by atoms with Gasteiger partial charge in [0.1, 0.15) is 6.61 Å². The summed E-state index contributed by atoms with van der Waals surface area (Å²) in [7, 11) is 1.85. The number of amides is 1. The van der Waals surface area contributed by atoms with E-state index in [0.29, 0.717) is 0 Å². The van der Waals surface area contributed by atoms with Crippen molar-refractivity contribution in [3.63, 3.8) is 0 Å². The number of carbonyl (C=O) groups is 1. The number of ether oxygens (including phenoxy) is 1. The number of hydrogen-bond donors (Lipinski definition) is 1. The molecule has 16 heavy (non-hydrogen) atoms. The number of likely N-dealkylation sites (N-methyl/N-ethyl adjacent to an activating group) is 1. The minimum atomic E-state index is -0.125. The van der Waals surface area contributed by atoms with Crippen LogP contribution in [0, 0.1) is 0 Å². The molecular weight excluding hydrogens is 204 g/mol. The zero-order valence-electron chi connectivity index (χ0n) is 10.7. The summed E-state index contributed by atoms with van der Waals surface area (Å²) in [6, 6.07) is 0. The van der Waals surface area contributed by atoms with Crippen LogP contribution < -0.4 is 5.32 Å². The van der Waals surface area contributed by atoms with Crippen molar-refractivity contribution < 1.29 is 9.53 Å². The molecule has 0 radical (unpaired) electrons. The van der Waals surface area contributed by atoms with Crippen molar-refractivity contribution in [1.29, 1.82) is 0 Å². The summed E-state index contributed by atoms with van der Waals surface area (Å²) >= 11 is 0. The SMILES string of the molecule is CCCCCN(C)C(=O)COC1(C)CNC1. The summed E-state index contributed by atoms with van der Waals surface area (Å²) < 4.78 is 5.60. The molecule has 4 heteroatoms. The molecule has 0 unspecified atom stereocenters. The number of rotatable bonds is 7. The fourth-order valence-corrected chi connectivity index (χ4v) is 1.65. The van der Waals surface area contributed by atoms with Crippen LogP contribution in [0.5, 0.6) is 0 Å². The maximum Gasteiger partial charge on any atom is 0.248 e. The molecule has 1 saturated heterocycles. The van der Waals surface area contributed by atoms with Gasteiger partial charge < -0.3 is 15.0 Å². The first-order valence-electron chi connectivity index (χ1n) is 6.16. The van der Waals surface area contributed by atoms with Gasteiger partial charge in [-0.25, -0.2) is 0 Å². The quantitative estimate of drug-likeness (QED) is 0.661. The molecule has 1 aliphatic heterocycles. The molecule has 94 valence electrons. The Morgan fingerprint density at radius 2 is 2.12 bits per heavy atom. The van der Waals surface area contributed by atoms with Crippen LogP contribution >= 0.6 is 0 Å². The molecule has 0 aliphatic carbocycles. The fourth-order valence-electron chi connectivity index (χ4n) is 1.65. The van der Waals surface area contributed by atoms with Gasteiger partial charge in [0.05, 0.1) is 5.60 Å². The van der Waals surface area contributed by atoms with E-state index in [-0.39, 0.29) is 18.1 Å². The number of nitrogens with zero attached hydrogens (tertiary/aromatic N) is 1. The maximum absolute atomic E-state index is 11.7. The Kier molecular flexibility index (Phi) is 5.22. The van der Waals surface area contributed by atoms with E-state index in [9.17, 15) is 4.79 Å². The Morgan fingerprint density at radius 3 is 2.62 bits per heavy atom. The van der Waals surface area contributed by atoms with E-state index < -0.39 is 0 Å². The summed E-state index contributed by atoms with van der Waals surface area (Å²) in [4.78, 5) is 13.5. The van der Waals surface area contributed by atoms with Gasteiger partial charge in [0.25, 0.3) is 0 Å². The van der Waals surface area contributed by atoms with Crippen molar-refractivity contribution in [3.8, 4) is 0 Å². The average Bonchev–Trinajstić information content (AvgIpc) is 2.23. The lowest BCUT2D eigenvalue weighted by Gasteiger charge is -2.39. The molecule has 0 bridgehead atoms. The van der Waals surface area contributed by atoms with Crippen molar-refractivity contribution in [2.45, 2.75) is 38.7 Å². The first-order chi connectivity index (χ1) is 7.57. The van der Waals surface area contributed by atoms with E-state index in [1.54, 1.807) is 4.90 Å². The molecule has 0 atom stereocenters. The Morgan fingerprint density at radius 1 is 1.44 bits per heavy atom. The second-order valence-electron chi connectivity index (χ2n) is 4.86. The lowest BCUT2D eigenvalue weighted by molar-refractivity contribution is -0.144. The summed E-state index contributed by atoms with van der Waals surface area (Å²) in [5, 5.41) is 3.15. The van der Waals surface area contributed by atoms with E-state index >= 15 is 0 Å². The third kappa shape index (κ3) is 4.10. The monoisotopic (exact) mass is 228 g/mol. The Bertz CT molecular complexity index is 227. The predicted molar refractivity (Wildman–Crippen MR) is 64.4 cm³/mol. The molecule has 0 aromatic heterocycles. The fraction of sp³-hybridized carbons (Fsp3) is 0.917. The second-order valence-corrected chi connectivity index (χ2v) is 4.86. The van der Waals surface area contributed by atoms with Gasteiger partial charge in [-0.1, -0.05) is 19.8 Å².